The Kier molecular flexibility index (Phi) is 5.45. The number of benzene rings is 1. The van der Waals surface area contributed by atoms with Gasteiger partial charge in [-0.3, -0.25) is 0 Å². The van der Waals surface area contributed by atoms with Gasteiger partial charge in [0.25, 0.3) is 0 Å². The van der Waals surface area contributed by atoms with E-state index in [1.54, 1.807) is 6.92 Å². The highest BCUT2D eigenvalue weighted by Gasteiger charge is 2.17. The van der Waals surface area contributed by atoms with Gasteiger partial charge in [-0.05, 0) is 6.92 Å². The van der Waals surface area contributed by atoms with Gasteiger partial charge in [0.15, 0.2) is 0 Å². The SMILES string of the molecule is C=C(C)C(=O)O/C(CC)=C(/C#N)c1nc(-c2ccccc2)cs1. The molecule has 0 N–H and O–H groups in total. The number of aromatic nitrogens is 1. The molecule has 116 valence electrons. The number of ether oxygens (including phenoxy) is 1. The number of carbonyl (C=O) groups excluding carboxylic acids is 1. The lowest BCUT2D eigenvalue weighted by atomic mass is 10.2. The first-order chi connectivity index (χ1) is 11.1. The normalized spacial score (nSPS) is 11.3. The minimum Gasteiger partial charge on any atom is -0.426 e. The third-order valence-electron chi connectivity index (χ3n) is 3.06. The van der Waals surface area contributed by atoms with Crippen LogP contribution in [0, 0.1) is 11.3 Å². The number of allylic oxidation sites excluding steroid dienone is 2. The van der Waals surface area contributed by atoms with Crippen LogP contribution in [-0.2, 0) is 9.53 Å². The van der Waals surface area contributed by atoms with Gasteiger partial charge in [-0.1, -0.05) is 43.8 Å². The first-order valence-electron chi connectivity index (χ1n) is 7.09. The molecular formula is C18H16N2O2S. The van der Waals surface area contributed by atoms with E-state index in [0.717, 1.165) is 11.3 Å². The largest absolute Gasteiger partial charge is 0.426 e. The van der Waals surface area contributed by atoms with Gasteiger partial charge >= 0.3 is 5.97 Å². The van der Waals surface area contributed by atoms with E-state index < -0.39 is 5.97 Å². The van der Waals surface area contributed by atoms with Crippen LogP contribution in [0.25, 0.3) is 16.8 Å². The van der Waals surface area contributed by atoms with E-state index in [1.807, 2.05) is 42.6 Å². The van der Waals surface area contributed by atoms with E-state index in [1.165, 1.54) is 11.3 Å². The summed E-state index contributed by atoms with van der Waals surface area (Å²) in [5.41, 5.74) is 2.34. The Hall–Kier alpha value is -2.71. The zero-order chi connectivity index (χ0) is 16.8. The number of esters is 1. The molecule has 0 saturated carbocycles. The molecule has 0 atom stereocenters. The standard InChI is InChI=1S/C18H16N2O2S/c1-4-16(22-18(21)12(2)3)14(10-19)17-20-15(11-23-17)13-8-6-5-7-9-13/h5-9,11H,2,4H2,1,3H3/b16-14-. The summed E-state index contributed by atoms with van der Waals surface area (Å²) in [4.78, 5) is 16.2. The zero-order valence-electron chi connectivity index (χ0n) is 13.0. The molecule has 0 unspecified atom stereocenters. The minimum atomic E-state index is -0.533. The predicted octanol–water partition coefficient (Wildman–Crippen LogP) is 4.57. The van der Waals surface area contributed by atoms with E-state index in [9.17, 15) is 10.1 Å². The Bertz CT molecular complexity index is 798. The third kappa shape index (κ3) is 3.93. The Labute approximate surface area is 139 Å². The Morgan fingerprint density at radius 1 is 1.39 bits per heavy atom. The first-order valence-corrected chi connectivity index (χ1v) is 7.97. The van der Waals surface area contributed by atoms with Crippen LogP contribution in [-0.4, -0.2) is 11.0 Å². The fourth-order valence-corrected chi connectivity index (χ4v) is 2.70. The average molecular weight is 324 g/mol. The van der Waals surface area contributed by atoms with Gasteiger partial charge in [0.1, 0.15) is 22.4 Å². The summed E-state index contributed by atoms with van der Waals surface area (Å²) < 4.78 is 5.27. The van der Waals surface area contributed by atoms with Gasteiger partial charge in [-0.15, -0.1) is 11.3 Å². The molecule has 1 aromatic heterocycles. The van der Waals surface area contributed by atoms with Crippen molar-refractivity contribution in [3.05, 3.63) is 58.6 Å². The van der Waals surface area contributed by atoms with Crippen molar-refractivity contribution in [3.63, 3.8) is 0 Å². The number of carbonyl (C=O) groups is 1. The quantitative estimate of drug-likeness (QED) is 0.350. The lowest BCUT2D eigenvalue weighted by Crippen LogP contribution is -2.06. The van der Waals surface area contributed by atoms with Crippen molar-refractivity contribution >= 4 is 22.9 Å². The fraction of sp³-hybridized carbons (Fsp3) is 0.167. The van der Waals surface area contributed by atoms with Crippen LogP contribution in [0.5, 0.6) is 0 Å². The molecule has 0 radical (unpaired) electrons. The van der Waals surface area contributed by atoms with Crippen molar-refractivity contribution in [2.24, 2.45) is 0 Å². The molecule has 0 amide bonds. The highest BCUT2D eigenvalue weighted by atomic mass is 32.1. The Morgan fingerprint density at radius 2 is 2.09 bits per heavy atom. The van der Waals surface area contributed by atoms with Gasteiger partial charge in [-0.2, -0.15) is 5.26 Å². The van der Waals surface area contributed by atoms with Gasteiger partial charge in [0.05, 0.1) is 5.69 Å². The van der Waals surface area contributed by atoms with Crippen LogP contribution < -0.4 is 0 Å². The molecule has 1 heterocycles. The van der Waals surface area contributed by atoms with E-state index in [2.05, 4.69) is 17.6 Å². The molecule has 1 aromatic carbocycles. The van der Waals surface area contributed by atoms with Gasteiger partial charge in [-0.25, -0.2) is 9.78 Å². The molecule has 0 spiro atoms. The Balaban J connectivity index is 2.39. The van der Waals surface area contributed by atoms with Crippen molar-refractivity contribution in [1.82, 2.24) is 4.98 Å². The van der Waals surface area contributed by atoms with Crippen LogP contribution >= 0.6 is 11.3 Å². The molecule has 0 aliphatic carbocycles. The maximum absolute atomic E-state index is 11.7. The van der Waals surface area contributed by atoms with Crippen LogP contribution in [0.2, 0.25) is 0 Å². The maximum Gasteiger partial charge on any atom is 0.338 e. The molecule has 0 fully saturated rings. The highest BCUT2D eigenvalue weighted by Crippen LogP contribution is 2.29. The molecule has 0 aliphatic rings. The molecule has 0 aliphatic heterocycles. The van der Waals surface area contributed by atoms with Crippen molar-refractivity contribution < 1.29 is 9.53 Å². The summed E-state index contributed by atoms with van der Waals surface area (Å²) in [6, 6.07) is 11.8. The van der Waals surface area contributed by atoms with Crippen molar-refractivity contribution in [2.75, 3.05) is 0 Å². The average Bonchev–Trinajstić information content (AvgIpc) is 3.04. The molecule has 0 bridgehead atoms. The number of thiazole rings is 1. The second-order valence-corrected chi connectivity index (χ2v) is 5.70. The number of rotatable bonds is 5. The molecule has 5 heteroatoms. The summed E-state index contributed by atoms with van der Waals surface area (Å²) in [5.74, 6) is -0.219. The first kappa shape index (κ1) is 16.7. The van der Waals surface area contributed by atoms with Crippen LogP contribution in [0.1, 0.15) is 25.3 Å². The van der Waals surface area contributed by atoms with Crippen LogP contribution in [0.4, 0.5) is 0 Å². The third-order valence-corrected chi connectivity index (χ3v) is 3.92. The number of nitriles is 1. The number of nitrogens with zero attached hydrogens (tertiary/aromatic N) is 2. The lowest BCUT2D eigenvalue weighted by Gasteiger charge is -2.08. The smallest absolute Gasteiger partial charge is 0.338 e. The molecule has 2 rings (SSSR count). The van der Waals surface area contributed by atoms with Gasteiger partial charge in [0, 0.05) is 22.9 Å². The number of hydrogen-bond acceptors (Lipinski definition) is 5. The van der Waals surface area contributed by atoms with Crippen molar-refractivity contribution in [2.45, 2.75) is 20.3 Å². The summed E-state index contributed by atoms with van der Waals surface area (Å²) in [6.07, 6.45) is 0.419. The maximum atomic E-state index is 11.7. The molecule has 4 nitrogen and oxygen atoms in total. The lowest BCUT2D eigenvalue weighted by molar-refractivity contribution is -0.135. The highest BCUT2D eigenvalue weighted by molar-refractivity contribution is 7.11. The number of hydrogen-bond donors (Lipinski definition) is 0. The minimum absolute atomic E-state index is 0.286. The molecule has 23 heavy (non-hydrogen) atoms. The topological polar surface area (TPSA) is 63.0 Å². The molecule has 2 aromatic rings. The van der Waals surface area contributed by atoms with E-state index >= 15 is 0 Å². The second kappa shape index (κ2) is 7.52. The zero-order valence-corrected chi connectivity index (χ0v) is 13.8. The predicted molar refractivity (Wildman–Crippen MR) is 91.3 cm³/mol. The van der Waals surface area contributed by atoms with E-state index in [0.29, 0.717) is 17.2 Å². The van der Waals surface area contributed by atoms with Crippen LogP contribution in [0.15, 0.2) is 53.6 Å². The summed E-state index contributed by atoms with van der Waals surface area (Å²) in [7, 11) is 0. The fourth-order valence-electron chi connectivity index (χ4n) is 1.86. The van der Waals surface area contributed by atoms with E-state index in [-0.39, 0.29) is 11.1 Å². The van der Waals surface area contributed by atoms with Crippen molar-refractivity contribution in [1.29, 1.82) is 5.26 Å². The van der Waals surface area contributed by atoms with Gasteiger partial charge in [0.2, 0.25) is 0 Å². The second-order valence-electron chi connectivity index (χ2n) is 4.84. The van der Waals surface area contributed by atoms with Crippen LogP contribution in [0.3, 0.4) is 0 Å². The summed E-state index contributed by atoms with van der Waals surface area (Å²) in [5, 5.41) is 11.9. The van der Waals surface area contributed by atoms with Crippen molar-refractivity contribution in [3.8, 4) is 17.3 Å². The van der Waals surface area contributed by atoms with E-state index in [4.69, 9.17) is 4.74 Å². The monoisotopic (exact) mass is 324 g/mol. The molecular weight excluding hydrogens is 308 g/mol. The Morgan fingerprint density at radius 3 is 2.65 bits per heavy atom. The van der Waals surface area contributed by atoms with Gasteiger partial charge < -0.3 is 4.74 Å². The summed E-state index contributed by atoms with van der Waals surface area (Å²) in [6.45, 7) is 6.94. The summed E-state index contributed by atoms with van der Waals surface area (Å²) >= 11 is 1.35. The molecule has 0 saturated heterocycles.